The lowest BCUT2D eigenvalue weighted by Crippen LogP contribution is -2.58. The predicted molar refractivity (Wildman–Crippen MR) is 153 cm³/mol. The SMILES string of the molecule is CC(C)C(NC(=O)OC(C)(C)C)C(=O)N1CCCC(N(c2ncc(B3OC(C)(C)C(C)(C)O3)cn2)C(C)C)C1. The number of carbonyl (C=O) groups excluding carboxylic acids is 2. The summed E-state index contributed by atoms with van der Waals surface area (Å²) in [5, 5.41) is 2.80. The average Bonchev–Trinajstić information content (AvgIpc) is 3.03. The van der Waals surface area contributed by atoms with Crippen molar-refractivity contribution in [2.45, 2.75) is 124 Å². The van der Waals surface area contributed by atoms with E-state index in [9.17, 15) is 9.59 Å². The molecule has 2 aliphatic rings. The van der Waals surface area contributed by atoms with Crippen LogP contribution >= 0.6 is 0 Å². The van der Waals surface area contributed by atoms with Gasteiger partial charge in [0.05, 0.1) is 11.2 Å². The first kappa shape index (κ1) is 31.1. The van der Waals surface area contributed by atoms with Crippen molar-refractivity contribution in [3.05, 3.63) is 12.4 Å². The zero-order chi connectivity index (χ0) is 29.3. The number of likely N-dealkylation sites (tertiary alicyclic amines) is 1. The van der Waals surface area contributed by atoms with Gasteiger partial charge in [0, 0.05) is 43.0 Å². The van der Waals surface area contributed by atoms with Crippen molar-refractivity contribution in [3.8, 4) is 0 Å². The Morgan fingerprint density at radius 1 is 1.10 bits per heavy atom. The molecular formula is C28H48BN5O5. The van der Waals surface area contributed by atoms with Gasteiger partial charge in [0.25, 0.3) is 0 Å². The zero-order valence-electron chi connectivity index (χ0n) is 25.7. The van der Waals surface area contributed by atoms with Crippen molar-refractivity contribution in [1.29, 1.82) is 0 Å². The second-order valence-corrected chi connectivity index (χ2v) is 13.4. The molecule has 2 atom stereocenters. The topological polar surface area (TPSA) is 106 Å². The maximum atomic E-state index is 13.6. The van der Waals surface area contributed by atoms with Crippen molar-refractivity contribution >= 4 is 30.5 Å². The first-order valence-electron chi connectivity index (χ1n) is 14.2. The Labute approximate surface area is 234 Å². The van der Waals surface area contributed by atoms with Crippen LogP contribution < -0.4 is 15.7 Å². The molecule has 2 fully saturated rings. The van der Waals surface area contributed by atoms with Gasteiger partial charge in [-0.05, 0) is 81.1 Å². The maximum Gasteiger partial charge on any atom is 0.498 e. The van der Waals surface area contributed by atoms with Gasteiger partial charge in [-0.1, -0.05) is 13.8 Å². The highest BCUT2D eigenvalue weighted by Crippen LogP contribution is 2.36. The van der Waals surface area contributed by atoms with E-state index in [1.54, 1.807) is 33.2 Å². The van der Waals surface area contributed by atoms with Crippen LogP contribution in [-0.2, 0) is 18.8 Å². The number of hydrogen-bond donors (Lipinski definition) is 1. The van der Waals surface area contributed by atoms with Gasteiger partial charge in [0.2, 0.25) is 11.9 Å². The summed E-state index contributed by atoms with van der Waals surface area (Å²) >= 11 is 0. The molecule has 0 spiro atoms. The largest absolute Gasteiger partial charge is 0.498 e. The highest BCUT2D eigenvalue weighted by molar-refractivity contribution is 6.61. The van der Waals surface area contributed by atoms with Crippen LogP contribution in [-0.4, -0.2) is 82.0 Å². The lowest BCUT2D eigenvalue weighted by molar-refractivity contribution is -0.135. The normalized spacial score (nSPS) is 21.7. The average molecular weight is 546 g/mol. The number of amides is 2. The smallest absolute Gasteiger partial charge is 0.444 e. The molecule has 2 amide bonds. The monoisotopic (exact) mass is 545 g/mol. The molecule has 218 valence electrons. The molecule has 2 aliphatic heterocycles. The highest BCUT2D eigenvalue weighted by Gasteiger charge is 2.52. The van der Waals surface area contributed by atoms with Crippen LogP contribution in [0.15, 0.2) is 12.4 Å². The van der Waals surface area contributed by atoms with E-state index in [0.29, 0.717) is 19.0 Å². The Morgan fingerprint density at radius 2 is 1.67 bits per heavy atom. The van der Waals surface area contributed by atoms with Gasteiger partial charge >= 0.3 is 13.2 Å². The number of nitrogens with zero attached hydrogens (tertiary/aromatic N) is 4. The van der Waals surface area contributed by atoms with E-state index in [2.05, 4.69) is 24.1 Å². The Balaban J connectivity index is 1.73. The van der Waals surface area contributed by atoms with Gasteiger partial charge in [-0.15, -0.1) is 0 Å². The number of ether oxygens (including phenoxy) is 1. The summed E-state index contributed by atoms with van der Waals surface area (Å²) in [6.07, 6.45) is 4.72. The van der Waals surface area contributed by atoms with Gasteiger partial charge in [-0.25, -0.2) is 14.8 Å². The van der Waals surface area contributed by atoms with Gasteiger partial charge < -0.3 is 29.2 Å². The third kappa shape index (κ3) is 7.42. The maximum absolute atomic E-state index is 13.6. The van der Waals surface area contributed by atoms with E-state index in [1.165, 1.54) is 0 Å². The molecule has 1 aromatic rings. The first-order chi connectivity index (χ1) is 17.9. The Kier molecular flexibility index (Phi) is 9.27. The first-order valence-corrected chi connectivity index (χ1v) is 14.2. The standard InChI is InChI=1S/C28H48BN5O5/c1-18(2)22(32-25(36)37-26(5,6)7)23(35)33-14-12-13-21(17-33)34(19(3)4)24-30-15-20(16-31-24)29-38-27(8,9)28(10,11)39-29/h15-16,18-19,21-22H,12-14,17H2,1-11H3,(H,32,36). The number of piperidine rings is 1. The summed E-state index contributed by atoms with van der Waals surface area (Å²) in [5.74, 6) is 0.426. The van der Waals surface area contributed by atoms with E-state index in [1.807, 2.05) is 46.4 Å². The molecule has 1 N–H and O–H groups in total. The number of nitrogens with one attached hydrogen (secondary N) is 1. The molecule has 0 radical (unpaired) electrons. The molecule has 3 rings (SSSR count). The number of alkyl carbamates (subject to hydrolysis) is 1. The van der Waals surface area contributed by atoms with E-state index >= 15 is 0 Å². The molecule has 0 aromatic carbocycles. The molecule has 0 bridgehead atoms. The summed E-state index contributed by atoms with van der Waals surface area (Å²) in [6, 6.07) is -0.505. The van der Waals surface area contributed by atoms with Crippen LogP contribution in [0.4, 0.5) is 10.7 Å². The molecule has 3 heterocycles. The van der Waals surface area contributed by atoms with Crippen molar-refractivity contribution < 1.29 is 23.6 Å². The van der Waals surface area contributed by atoms with Crippen LogP contribution in [0.5, 0.6) is 0 Å². The second-order valence-electron chi connectivity index (χ2n) is 13.4. The van der Waals surface area contributed by atoms with Gasteiger partial charge in [0.15, 0.2) is 0 Å². The molecular weight excluding hydrogens is 497 g/mol. The molecule has 1 aromatic heterocycles. The molecule has 11 heteroatoms. The van der Waals surface area contributed by atoms with E-state index in [4.69, 9.17) is 24.0 Å². The minimum Gasteiger partial charge on any atom is -0.444 e. The summed E-state index contributed by atoms with van der Waals surface area (Å²) in [5.41, 5.74) is -0.745. The van der Waals surface area contributed by atoms with Crippen LogP contribution in [0, 0.1) is 5.92 Å². The van der Waals surface area contributed by atoms with Crippen LogP contribution in [0.25, 0.3) is 0 Å². The molecule has 0 saturated carbocycles. The number of anilines is 1. The van der Waals surface area contributed by atoms with Crippen LogP contribution in [0.1, 0.15) is 89.0 Å². The number of rotatable bonds is 7. The lowest BCUT2D eigenvalue weighted by Gasteiger charge is -2.42. The lowest BCUT2D eigenvalue weighted by atomic mass is 9.81. The van der Waals surface area contributed by atoms with Gasteiger partial charge in [-0.3, -0.25) is 4.79 Å². The molecule has 2 saturated heterocycles. The minimum absolute atomic E-state index is 0.0414. The predicted octanol–water partition coefficient (Wildman–Crippen LogP) is 3.53. The third-order valence-corrected chi connectivity index (χ3v) is 7.68. The quantitative estimate of drug-likeness (QED) is 0.519. The van der Waals surface area contributed by atoms with Crippen molar-refractivity contribution in [2.24, 2.45) is 5.92 Å². The summed E-state index contributed by atoms with van der Waals surface area (Å²) in [6.45, 7) is 22.7. The number of carbonyl (C=O) groups is 2. The molecule has 10 nitrogen and oxygen atoms in total. The Bertz CT molecular complexity index is 993. The van der Waals surface area contributed by atoms with Crippen molar-refractivity contribution in [1.82, 2.24) is 20.2 Å². The second kappa shape index (κ2) is 11.6. The molecule has 39 heavy (non-hydrogen) atoms. The van der Waals surface area contributed by atoms with Gasteiger partial charge in [0.1, 0.15) is 11.6 Å². The molecule has 0 aliphatic carbocycles. The van der Waals surface area contributed by atoms with Gasteiger partial charge in [-0.2, -0.15) is 0 Å². The van der Waals surface area contributed by atoms with Crippen LogP contribution in [0.3, 0.4) is 0 Å². The fraction of sp³-hybridized carbons (Fsp3) is 0.786. The Hall–Kier alpha value is -2.40. The Morgan fingerprint density at radius 3 is 2.15 bits per heavy atom. The summed E-state index contributed by atoms with van der Waals surface area (Å²) in [7, 11) is -0.523. The summed E-state index contributed by atoms with van der Waals surface area (Å²) in [4.78, 5) is 39.5. The van der Waals surface area contributed by atoms with Crippen LogP contribution in [0.2, 0.25) is 0 Å². The van der Waals surface area contributed by atoms with E-state index in [0.717, 1.165) is 18.3 Å². The summed E-state index contributed by atoms with van der Waals surface area (Å²) < 4.78 is 17.7. The third-order valence-electron chi connectivity index (χ3n) is 7.68. The molecule has 2 unspecified atom stereocenters. The fourth-order valence-corrected chi connectivity index (χ4v) is 4.91. The fourth-order valence-electron chi connectivity index (χ4n) is 4.91. The highest BCUT2D eigenvalue weighted by atomic mass is 16.7. The number of hydrogen-bond acceptors (Lipinski definition) is 8. The van der Waals surface area contributed by atoms with Crippen molar-refractivity contribution in [3.63, 3.8) is 0 Å². The number of aromatic nitrogens is 2. The zero-order valence-corrected chi connectivity index (χ0v) is 25.7. The van der Waals surface area contributed by atoms with Crippen molar-refractivity contribution in [2.75, 3.05) is 18.0 Å². The van der Waals surface area contributed by atoms with E-state index < -0.39 is 36.1 Å². The minimum atomic E-state index is -0.665. The van der Waals surface area contributed by atoms with E-state index in [-0.39, 0.29) is 23.9 Å².